The molecule has 0 aromatic carbocycles. The van der Waals surface area contributed by atoms with Crippen molar-refractivity contribution < 1.29 is 0 Å². The van der Waals surface area contributed by atoms with Gasteiger partial charge in [0.25, 0.3) is 0 Å². The molecule has 64 valence electrons. The molecule has 2 aliphatic carbocycles. The molecule has 1 N–H and O–H groups in total. The van der Waals surface area contributed by atoms with Gasteiger partial charge in [-0.25, -0.2) is 0 Å². The Morgan fingerprint density at radius 3 is 2.36 bits per heavy atom. The second kappa shape index (κ2) is 2.48. The minimum atomic E-state index is 0.767. The number of nitrogens with one attached hydrogen (secondary N) is 1. The molecule has 0 amide bonds. The van der Waals surface area contributed by atoms with Gasteiger partial charge >= 0.3 is 0 Å². The van der Waals surface area contributed by atoms with Crippen LogP contribution in [0.5, 0.6) is 0 Å². The van der Waals surface area contributed by atoms with Crippen molar-refractivity contribution in [2.45, 2.75) is 45.1 Å². The summed E-state index contributed by atoms with van der Waals surface area (Å²) < 4.78 is 0. The molecule has 0 radical (unpaired) electrons. The molecule has 0 bridgehead atoms. The van der Waals surface area contributed by atoms with Crippen molar-refractivity contribution in [3.8, 4) is 0 Å². The van der Waals surface area contributed by atoms with Crippen LogP contribution in [0, 0.1) is 11.3 Å². The first-order chi connectivity index (χ1) is 5.33. The lowest BCUT2D eigenvalue weighted by molar-refractivity contribution is -0.0838. The van der Waals surface area contributed by atoms with Crippen molar-refractivity contribution in [2.24, 2.45) is 11.3 Å². The van der Waals surface area contributed by atoms with Gasteiger partial charge in [0.2, 0.25) is 0 Å². The molecular weight excluding hydrogens is 134 g/mol. The van der Waals surface area contributed by atoms with Crippen LogP contribution in [0.3, 0.4) is 0 Å². The fraction of sp³-hybridized carbons (Fsp3) is 1.00. The maximum Gasteiger partial charge on any atom is 0.0123 e. The molecule has 0 aliphatic heterocycles. The zero-order valence-electron chi connectivity index (χ0n) is 7.69. The van der Waals surface area contributed by atoms with Gasteiger partial charge in [0.05, 0.1) is 0 Å². The average Bonchev–Trinajstić information content (AvgIpc) is 1.85. The molecule has 0 aromatic heterocycles. The SMILES string of the molecule is CCC1CCC12CCC2NC. The van der Waals surface area contributed by atoms with E-state index in [2.05, 4.69) is 19.3 Å². The Morgan fingerprint density at radius 1 is 1.36 bits per heavy atom. The normalized spacial score (nSPS) is 48.5. The molecular formula is C10H19N. The Balaban J connectivity index is 2.00. The van der Waals surface area contributed by atoms with Gasteiger partial charge in [-0.05, 0) is 44.1 Å². The van der Waals surface area contributed by atoms with E-state index in [-0.39, 0.29) is 0 Å². The minimum absolute atomic E-state index is 0.767. The van der Waals surface area contributed by atoms with Gasteiger partial charge in [-0.15, -0.1) is 0 Å². The van der Waals surface area contributed by atoms with E-state index in [0.717, 1.165) is 17.4 Å². The molecule has 3 atom stereocenters. The highest BCUT2D eigenvalue weighted by Crippen LogP contribution is 2.60. The van der Waals surface area contributed by atoms with Crippen LogP contribution in [0.1, 0.15) is 39.0 Å². The Kier molecular flexibility index (Phi) is 1.71. The lowest BCUT2D eigenvalue weighted by atomic mass is 9.46. The molecule has 3 unspecified atom stereocenters. The second-order valence-corrected chi connectivity index (χ2v) is 4.26. The number of rotatable bonds is 2. The first kappa shape index (κ1) is 7.60. The van der Waals surface area contributed by atoms with E-state index in [1.165, 1.54) is 32.1 Å². The third-order valence-electron chi connectivity index (χ3n) is 4.21. The van der Waals surface area contributed by atoms with Crippen LogP contribution in [0.4, 0.5) is 0 Å². The fourth-order valence-electron chi connectivity index (χ4n) is 3.21. The maximum atomic E-state index is 3.46. The van der Waals surface area contributed by atoms with Crippen LogP contribution in [0.15, 0.2) is 0 Å². The Hall–Kier alpha value is -0.0400. The summed E-state index contributed by atoms with van der Waals surface area (Å²) in [5.74, 6) is 1.05. The van der Waals surface area contributed by atoms with E-state index >= 15 is 0 Å². The summed E-state index contributed by atoms with van der Waals surface area (Å²) in [6, 6.07) is 0.862. The van der Waals surface area contributed by atoms with Crippen molar-refractivity contribution in [2.75, 3.05) is 7.05 Å². The van der Waals surface area contributed by atoms with E-state index in [0.29, 0.717) is 0 Å². The zero-order valence-corrected chi connectivity index (χ0v) is 7.69. The van der Waals surface area contributed by atoms with Gasteiger partial charge in [-0.2, -0.15) is 0 Å². The Morgan fingerprint density at radius 2 is 2.09 bits per heavy atom. The lowest BCUT2D eigenvalue weighted by Crippen LogP contribution is -2.60. The third kappa shape index (κ3) is 0.807. The molecule has 1 nitrogen and oxygen atoms in total. The summed E-state index contributed by atoms with van der Waals surface area (Å²) in [4.78, 5) is 0. The predicted molar refractivity (Wildman–Crippen MR) is 47.5 cm³/mol. The Labute approximate surface area is 69.6 Å². The molecule has 2 fully saturated rings. The van der Waals surface area contributed by atoms with Crippen molar-refractivity contribution in [1.29, 1.82) is 0 Å². The molecule has 1 heteroatoms. The largest absolute Gasteiger partial charge is 0.316 e. The molecule has 2 aliphatic rings. The van der Waals surface area contributed by atoms with Gasteiger partial charge in [-0.1, -0.05) is 13.3 Å². The smallest absolute Gasteiger partial charge is 0.0123 e. The zero-order chi connectivity index (χ0) is 7.90. The number of hydrogen-bond donors (Lipinski definition) is 1. The van der Waals surface area contributed by atoms with Crippen LogP contribution in [0.2, 0.25) is 0 Å². The highest BCUT2D eigenvalue weighted by molar-refractivity contribution is 5.08. The van der Waals surface area contributed by atoms with Gasteiger partial charge in [0, 0.05) is 6.04 Å². The maximum absolute atomic E-state index is 3.46. The van der Waals surface area contributed by atoms with Crippen molar-refractivity contribution in [1.82, 2.24) is 5.32 Å². The molecule has 11 heavy (non-hydrogen) atoms. The monoisotopic (exact) mass is 153 g/mol. The molecule has 0 saturated heterocycles. The first-order valence-electron chi connectivity index (χ1n) is 5.00. The summed E-state index contributed by atoms with van der Waals surface area (Å²) in [6.07, 6.45) is 7.31. The summed E-state index contributed by atoms with van der Waals surface area (Å²) in [5, 5.41) is 3.46. The highest BCUT2D eigenvalue weighted by atomic mass is 14.9. The van der Waals surface area contributed by atoms with Crippen LogP contribution in [-0.2, 0) is 0 Å². The molecule has 1 spiro atoms. The third-order valence-corrected chi connectivity index (χ3v) is 4.21. The first-order valence-corrected chi connectivity index (χ1v) is 5.00. The van der Waals surface area contributed by atoms with Crippen LogP contribution < -0.4 is 5.32 Å². The average molecular weight is 153 g/mol. The second-order valence-electron chi connectivity index (χ2n) is 4.26. The highest BCUT2D eigenvalue weighted by Gasteiger charge is 2.55. The van der Waals surface area contributed by atoms with Gasteiger partial charge in [0.1, 0.15) is 0 Å². The summed E-state index contributed by atoms with van der Waals surface area (Å²) in [7, 11) is 2.12. The molecule has 0 aromatic rings. The number of hydrogen-bond acceptors (Lipinski definition) is 1. The predicted octanol–water partition coefficient (Wildman–Crippen LogP) is 2.17. The van der Waals surface area contributed by atoms with E-state index in [4.69, 9.17) is 0 Å². The van der Waals surface area contributed by atoms with Crippen molar-refractivity contribution in [3.63, 3.8) is 0 Å². The molecule has 0 heterocycles. The standard InChI is InChI=1S/C10H19N/c1-3-8-4-6-10(8)7-5-9(10)11-2/h8-9,11H,3-7H2,1-2H3. The summed E-state index contributed by atoms with van der Waals surface area (Å²) in [6.45, 7) is 2.34. The topological polar surface area (TPSA) is 12.0 Å². The van der Waals surface area contributed by atoms with Crippen molar-refractivity contribution in [3.05, 3.63) is 0 Å². The quantitative estimate of drug-likeness (QED) is 0.641. The van der Waals surface area contributed by atoms with E-state index in [9.17, 15) is 0 Å². The lowest BCUT2D eigenvalue weighted by Gasteiger charge is -2.61. The van der Waals surface area contributed by atoms with Crippen LogP contribution in [0.25, 0.3) is 0 Å². The van der Waals surface area contributed by atoms with Crippen LogP contribution in [-0.4, -0.2) is 13.1 Å². The Bertz CT molecular complexity index is 131. The van der Waals surface area contributed by atoms with Gasteiger partial charge in [-0.3, -0.25) is 0 Å². The van der Waals surface area contributed by atoms with Crippen LogP contribution >= 0.6 is 0 Å². The minimum Gasteiger partial charge on any atom is -0.316 e. The van der Waals surface area contributed by atoms with Gasteiger partial charge in [0.15, 0.2) is 0 Å². The van der Waals surface area contributed by atoms with Gasteiger partial charge < -0.3 is 5.32 Å². The molecule has 2 saturated carbocycles. The van der Waals surface area contributed by atoms with Crippen molar-refractivity contribution >= 4 is 0 Å². The van der Waals surface area contributed by atoms with E-state index in [1.54, 1.807) is 0 Å². The van der Waals surface area contributed by atoms with E-state index < -0.39 is 0 Å². The van der Waals surface area contributed by atoms with E-state index in [1.807, 2.05) is 0 Å². The summed E-state index contributed by atoms with van der Waals surface area (Å²) in [5.41, 5.74) is 0.767. The summed E-state index contributed by atoms with van der Waals surface area (Å²) >= 11 is 0. The molecule has 2 rings (SSSR count). The fourth-order valence-corrected chi connectivity index (χ4v) is 3.21.